The molecular formula is C69H116N2O14. The smallest absolute Gasteiger partial charge is 0.412 e. The second-order valence-electron chi connectivity index (χ2n) is 22.9. The number of aliphatic hydroxyl groups is 4. The lowest BCUT2D eigenvalue weighted by atomic mass is 10.1. The molecule has 0 aliphatic carbocycles. The van der Waals surface area contributed by atoms with Crippen LogP contribution < -0.4 is 10.6 Å². The Kier molecular flexibility index (Phi) is 50.5. The van der Waals surface area contributed by atoms with Gasteiger partial charge in [0.05, 0.1) is 12.2 Å². The largest absolute Gasteiger partial charge is 0.512 e. The molecule has 16 heteroatoms. The van der Waals surface area contributed by atoms with Crippen LogP contribution >= 0.6 is 0 Å². The molecule has 0 fully saturated rings. The van der Waals surface area contributed by atoms with Gasteiger partial charge < -0.3 is 44.1 Å². The molecule has 1 aromatic carbocycles. The van der Waals surface area contributed by atoms with Crippen molar-refractivity contribution >= 4 is 41.5 Å². The quantitative estimate of drug-likeness (QED) is 0.0117. The number of esters is 3. The molecule has 1 aromatic rings. The number of ether oxygens (including phenoxy) is 5. The van der Waals surface area contributed by atoms with Gasteiger partial charge in [0.1, 0.15) is 25.6 Å². The molecule has 16 nitrogen and oxygen atoms in total. The average molecular weight is 1200 g/mol. The van der Waals surface area contributed by atoms with E-state index in [9.17, 15) is 39.3 Å². The van der Waals surface area contributed by atoms with Gasteiger partial charge in [-0.2, -0.15) is 0 Å². The zero-order chi connectivity index (χ0) is 62.2. The van der Waals surface area contributed by atoms with Gasteiger partial charge in [0.25, 0.3) is 0 Å². The second-order valence-corrected chi connectivity index (χ2v) is 22.9. The SMILES string of the molecule is CCCCCCC(O)C/C=C/CCCCCCCC(=O)OCC(COC(=O)CCCCCCC/C=C/CC(CCCCCC)OC(=O)Nc1ccc(C)c(NC(=O)OC/C(O)=C/O)c1)OC(=O)CCCCCCC/C=C/CC(O)CCCCCC. The third-order valence-corrected chi connectivity index (χ3v) is 14.8. The van der Waals surface area contributed by atoms with Gasteiger partial charge in [-0.1, -0.05) is 192 Å². The minimum absolute atomic E-state index is 0.173. The van der Waals surface area contributed by atoms with Crippen LogP contribution in [0.4, 0.5) is 21.0 Å². The highest BCUT2D eigenvalue weighted by atomic mass is 16.6. The Bertz CT molecular complexity index is 1990. The van der Waals surface area contributed by atoms with Crippen LogP contribution in [0.25, 0.3) is 0 Å². The molecule has 0 spiro atoms. The molecule has 1 rings (SSSR count). The normalized spacial score (nSPS) is 13.2. The van der Waals surface area contributed by atoms with Gasteiger partial charge in [0.2, 0.25) is 0 Å². The standard InChI is InChI=1S/C69H116N2O14/c1-5-8-11-32-41-59(73)43-34-26-20-14-17-23-29-38-47-65(76)81-55-63(84-67(78)49-40-31-25-18-15-21-27-35-44-60(74)42-33-12-9-6-2)56-82-66(77)48-39-30-24-19-16-22-28-37-46-62(45-36-13-10-7-3)85-69(80)70-58-51-50-57(4)64(52-58)71-68(79)83-54-61(75)53-72/h26-28,34-35,37,50-53,59-60,62-63,72-75H,5-25,29-33,36,38-49,54-56H2,1-4H3,(H,70,80)(H,71,79)/b34-26+,35-27+,37-28+,61-53-. The number of allylic oxidation sites excluding steroid dienone is 3. The van der Waals surface area contributed by atoms with Crippen LogP contribution in [0.2, 0.25) is 0 Å². The number of carbonyl (C=O) groups is 5. The maximum absolute atomic E-state index is 13.0. The van der Waals surface area contributed by atoms with Crippen LogP contribution in [0.3, 0.4) is 0 Å². The fourth-order valence-corrected chi connectivity index (χ4v) is 9.50. The summed E-state index contributed by atoms with van der Waals surface area (Å²) in [5, 5.41) is 43.8. The zero-order valence-corrected chi connectivity index (χ0v) is 53.2. The summed E-state index contributed by atoms with van der Waals surface area (Å²) in [5.74, 6) is -1.66. The maximum atomic E-state index is 13.0. The van der Waals surface area contributed by atoms with Crippen molar-refractivity contribution < 1.29 is 68.1 Å². The number of aryl methyl sites for hydroxylation is 1. The first kappa shape index (κ1) is 77.7. The molecule has 0 radical (unpaired) electrons. The van der Waals surface area contributed by atoms with Crippen LogP contribution in [0, 0.1) is 6.92 Å². The molecule has 486 valence electrons. The van der Waals surface area contributed by atoms with Gasteiger partial charge in [0.15, 0.2) is 18.5 Å². The van der Waals surface area contributed by atoms with Crippen molar-refractivity contribution in [1.82, 2.24) is 0 Å². The molecule has 0 heterocycles. The number of rotatable bonds is 55. The van der Waals surface area contributed by atoms with E-state index in [0.717, 1.165) is 154 Å². The highest BCUT2D eigenvalue weighted by Gasteiger charge is 2.20. The van der Waals surface area contributed by atoms with E-state index in [-0.39, 0.29) is 62.7 Å². The maximum Gasteiger partial charge on any atom is 0.412 e. The van der Waals surface area contributed by atoms with E-state index >= 15 is 0 Å². The number of anilines is 2. The number of unbranched alkanes of at least 4 members (excludes halogenated alkanes) is 24. The Morgan fingerprint density at radius 2 is 0.906 bits per heavy atom. The first-order valence-corrected chi connectivity index (χ1v) is 33.2. The predicted octanol–water partition coefficient (Wildman–Crippen LogP) is 18.1. The second kappa shape index (κ2) is 55.2. The Labute approximate surface area is 512 Å². The van der Waals surface area contributed by atoms with E-state index in [0.29, 0.717) is 61.7 Å². The Hall–Kier alpha value is -5.35. The molecule has 0 saturated carbocycles. The topological polar surface area (TPSA) is 236 Å². The van der Waals surface area contributed by atoms with Gasteiger partial charge in [0, 0.05) is 37.1 Å². The van der Waals surface area contributed by atoms with E-state index in [1.807, 2.05) is 0 Å². The lowest BCUT2D eigenvalue weighted by molar-refractivity contribution is -0.167. The van der Waals surface area contributed by atoms with Crippen LogP contribution in [0.15, 0.2) is 66.7 Å². The third kappa shape index (κ3) is 48.5. The number of carbonyl (C=O) groups excluding carboxylic acids is 5. The third-order valence-electron chi connectivity index (χ3n) is 14.8. The minimum Gasteiger partial charge on any atom is -0.512 e. The summed E-state index contributed by atoms with van der Waals surface area (Å²) in [4.78, 5) is 63.8. The molecule has 2 amide bonds. The first-order chi connectivity index (χ1) is 41.3. The molecule has 0 saturated heterocycles. The first-order valence-electron chi connectivity index (χ1n) is 33.2. The molecule has 0 aliphatic rings. The monoisotopic (exact) mass is 1200 g/mol. The van der Waals surface area contributed by atoms with Crippen molar-refractivity contribution in [3.8, 4) is 0 Å². The summed E-state index contributed by atoms with van der Waals surface area (Å²) in [5.41, 5.74) is 1.52. The van der Waals surface area contributed by atoms with Gasteiger partial charge >= 0.3 is 30.1 Å². The van der Waals surface area contributed by atoms with Crippen molar-refractivity contribution in [2.24, 2.45) is 0 Å². The van der Waals surface area contributed by atoms with E-state index in [2.05, 4.69) is 67.9 Å². The number of hydrogen-bond donors (Lipinski definition) is 6. The number of aliphatic hydroxyl groups excluding tert-OH is 4. The summed E-state index contributed by atoms with van der Waals surface area (Å²) in [7, 11) is 0. The lowest BCUT2D eigenvalue weighted by Gasteiger charge is -2.18. The Balaban J connectivity index is 2.54. The number of amides is 2. The summed E-state index contributed by atoms with van der Waals surface area (Å²) in [6.45, 7) is 7.45. The molecule has 0 aliphatic heterocycles. The van der Waals surface area contributed by atoms with Crippen LogP contribution in [0.5, 0.6) is 0 Å². The molecule has 0 aromatic heterocycles. The molecule has 6 N–H and O–H groups in total. The highest BCUT2D eigenvalue weighted by molar-refractivity contribution is 5.89. The van der Waals surface area contributed by atoms with Crippen molar-refractivity contribution in [3.05, 3.63) is 72.2 Å². The number of hydrogen-bond acceptors (Lipinski definition) is 14. The van der Waals surface area contributed by atoms with E-state index in [1.54, 1.807) is 25.1 Å². The van der Waals surface area contributed by atoms with Gasteiger partial charge in [-0.3, -0.25) is 25.0 Å². The van der Waals surface area contributed by atoms with Gasteiger partial charge in [-0.25, -0.2) is 9.59 Å². The number of benzene rings is 1. The van der Waals surface area contributed by atoms with Crippen molar-refractivity contribution in [2.75, 3.05) is 30.5 Å². The summed E-state index contributed by atoms with van der Waals surface area (Å²) < 4.78 is 27.6. The van der Waals surface area contributed by atoms with E-state index < -0.39 is 36.6 Å². The molecular weight excluding hydrogens is 1080 g/mol. The summed E-state index contributed by atoms with van der Waals surface area (Å²) >= 11 is 0. The average Bonchev–Trinajstić information content (AvgIpc) is 3.63. The van der Waals surface area contributed by atoms with Gasteiger partial charge in [-0.15, -0.1) is 0 Å². The van der Waals surface area contributed by atoms with E-state index in [4.69, 9.17) is 28.8 Å². The summed E-state index contributed by atoms with van der Waals surface area (Å²) in [6, 6.07) is 5.00. The van der Waals surface area contributed by atoms with Crippen molar-refractivity contribution in [2.45, 2.75) is 303 Å². The highest BCUT2D eigenvalue weighted by Crippen LogP contribution is 2.23. The lowest BCUT2D eigenvalue weighted by Crippen LogP contribution is -2.30. The van der Waals surface area contributed by atoms with Crippen LogP contribution in [0.1, 0.15) is 277 Å². The summed E-state index contributed by atoms with van der Waals surface area (Å²) in [6.07, 6.45) is 45.4. The van der Waals surface area contributed by atoms with Gasteiger partial charge in [-0.05, 0) is 121 Å². The fraction of sp³-hybridized carbons (Fsp3) is 0.725. The van der Waals surface area contributed by atoms with Crippen molar-refractivity contribution in [1.29, 1.82) is 0 Å². The zero-order valence-electron chi connectivity index (χ0n) is 53.2. The minimum atomic E-state index is -0.887. The van der Waals surface area contributed by atoms with Crippen LogP contribution in [-0.2, 0) is 38.1 Å². The molecule has 4 unspecified atom stereocenters. The fourth-order valence-electron chi connectivity index (χ4n) is 9.50. The number of nitrogens with one attached hydrogen (secondary N) is 2. The molecule has 0 bridgehead atoms. The van der Waals surface area contributed by atoms with Crippen molar-refractivity contribution in [3.63, 3.8) is 0 Å². The Morgan fingerprint density at radius 1 is 0.471 bits per heavy atom. The molecule has 85 heavy (non-hydrogen) atoms. The molecule has 4 atom stereocenters. The van der Waals surface area contributed by atoms with Crippen LogP contribution in [-0.4, -0.2) is 94.8 Å². The Morgan fingerprint density at radius 3 is 1.39 bits per heavy atom. The predicted molar refractivity (Wildman–Crippen MR) is 342 cm³/mol. The van der Waals surface area contributed by atoms with E-state index in [1.165, 1.54) is 38.5 Å².